The predicted octanol–water partition coefficient (Wildman–Crippen LogP) is 7.75. The summed E-state index contributed by atoms with van der Waals surface area (Å²) >= 11 is 0. The number of rotatable bonds is 32. The van der Waals surface area contributed by atoms with Crippen LogP contribution in [-0.2, 0) is 89.6 Å². The molecular formula is C91H123N13O24S2. The average Bonchev–Trinajstić information content (AvgIpc) is 1.62. The van der Waals surface area contributed by atoms with Gasteiger partial charge >= 0.3 is 12.2 Å². The Labute approximate surface area is 765 Å². The van der Waals surface area contributed by atoms with Crippen molar-refractivity contribution in [3.63, 3.8) is 0 Å². The van der Waals surface area contributed by atoms with E-state index in [-0.39, 0.29) is 228 Å². The van der Waals surface area contributed by atoms with Crippen LogP contribution in [0.3, 0.4) is 0 Å². The second-order valence-corrected chi connectivity index (χ2v) is 36.0. The molecule has 708 valence electrons. The Kier molecular flexibility index (Phi) is 39.8. The summed E-state index contributed by atoms with van der Waals surface area (Å²) in [7, 11) is 8.69. The number of amides is 13. The molecule has 2 fully saturated rings. The van der Waals surface area contributed by atoms with E-state index in [4.69, 9.17) is 47.4 Å². The van der Waals surface area contributed by atoms with Crippen molar-refractivity contribution in [2.75, 3.05) is 140 Å². The number of fused-ring (bicyclic) bond motifs is 2. The Morgan fingerprint density at radius 3 is 1.61 bits per heavy atom. The van der Waals surface area contributed by atoms with Crippen LogP contribution >= 0.6 is 21.6 Å². The maximum absolute atomic E-state index is 14.8. The van der Waals surface area contributed by atoms with Crippen LogP contribution in [-0.4, -0.2) is 266 Å². The van der Waals surface area contributed by atoms with Crippen molar-refractivity contribution >= 4 is 127 Å². The Morgan fingerprint density at radius 1 is 0.562 bits per heavy atom. The molecule has 4 aromatic rings. The van der Waals surface area contributed by atoms with Crippen molar-refractivity contribution in [2.45, 2.75) is 198 Å². The zero-order valence-corrected chi connectivity index (χ0v) is 77.2. The third kappa shape index (κ3) is 30.3. The van der Waals surface area contributed by atoms with E-state index in [2.05, 4.69) is 61.0 Å². The number of methoxy groups -OCH3 is 4. The van der Waals surface area contributed by atoms with E-state index in [9.17, 15) is 67.1 Å². The van der Waals surface area contributed by atoms with E-state index in [1.807, 2.05) is 20.8 Å². The summed E-state index contributed by atoms with van der Waals surface area (Å²) in [6, 6.07) is 10.1. The Bertz CT molecular complexity index is 4690. The van der Waals surface area contributed by atoms with Gasteiger partial charge in [0, 0.05) is 100 Å². The van der Waals surface area contributed by atoms with Crippen molar-refractivity contribution in [1.82, 2.24) is 47.0 Å². The van der Waals surface area contributed by atoms with Crippen LogP contribution in [0.25, 0.3) is 0 Å². The van der Waals surface area contributed by atoms with Gasteiger partial charge in [-0.1, -0.05) is 77.1 Å². The topological polar surface area (TPSA) is 453 Å². The minimum atomic E-state index is -1.68. The Morgan fingerprint density at radius 2 is 1.07 bits per heavy atom. The number of hydrogen-bond acceptors (Lipinski definition) is 26. The van der Waals surface area contributed by atoms with Crippen LogP contribution in [0.5, 0.6) is 23.0 Å². The Balaban J connectivity index is 1.01. The first-order valence-electron chi connectivity index (χ1n) is 43.6. The van der Waals surface area contributed by atoms with Crippen LogP contribution in [0.1, 0.15) is 163 Å². The highest BCUT2D eigenvalue weighted by Gasteiger charge is 2.46. The number of ether oxygens (including phenoxy) is 10. The zero-order chi connectivity index (χ0) is 94.1. The predicted molar refractivity (Wildman–Crippen MR) is 487 cm³/mol. The molecule has 8 heterocycles. The summed E-state index contributed by atoms with van der Waals surface area (Å²) in [6.07, 6.45) is 1.13. The van der Waals surface area contributed by atoms with Gasteiger partial charge in [-0.25, -0.2) is 9.59 Å². The van der Waals surface area contributed by atoms with Gasteiger partial charge in [-0.3, -0.25) is 67.3 Å². The van der Waals surface area contributed by atoms with E-state index < -0.39 is 114 Å². The van der Waals surface area contributed by atoms with Crippen LogP contribution < -0.4 is 76.6 Å². The zero-order valence-electron chi connectivity index (χ0n) is 75.6. The summed E-state index contributed by atoms with van der Waals surface area (Å²) in [5.74, 6) is -6.08. The van der Waals surface area contributed by atoms with Crippen molar-refractivity contribution in [3.05, 3.63) is 119 Å². The van der Waals surface area contributed by atoms with Crippen LogP contribution in [0.15, 0.2) is 97.1 Å². The van der Waals surface area contributed by atoms with Gasteiger partial charge in [0.25, 0.3) is 11.8 Å². The molecule has 0 spiro atoms. The van der Waals surface area contributed by atoms with Gasteiger partial charge in [0.15, 0.2) is 23.0 Å². The molecule has 0 aliphatic carbocycles. The SMILES string of the molecule is C=C1C[C@H]2CN3C(=O)OCc4ccc(cc4)NC(=O)[C@H](CCCCNC(=O)COCCOC)NC(=O)[C@H](C)NC(=O)C[C@@H](NC(=O)CCSSC(C)(C)CCC(=O)CC)C(=O)N[C@@H](C)C(=O)N[C@@H](CCCCNC(=O)COCCOC)C(=O)Nc4ccc(cc4)COC(=O)N4c5cc(c(OC)cc5C(=O)N5CC(=C)C[C@H]5C4C)OCCCOc4cc3c(cc4OC)C(=O)N2C1. The van der Waals surface area contributed by atoms with E-state index in [0.717, 1.165) is 11.1 Å². The van der Waals surface area contributed by atoms with Gasteiger partial charge in [0.2, 0.25) is 53.2 Å². The molecular weight excluding hydrogens is 1720 g/mol. The molecule has 12 rings (SSSR count). The molecule has 4 aromatic carbocycles. The molecule has 8 bridgehead atoms. The number of hydrogen-bond donors (Lipinski definition) is 9. The standard InChI is InChI=1S/C91H123N13O24S2/c1-13-65(105)29-31-91(7,8)130-129-40-30-78(106)98-70-45-79(107)94-57(4)82(110)99-68(19-14-16-32-92-80(108)53-123-38-36-119-9)84(112)96-62-25-21-60(22-26-62)51-127-89(117)103-50-64-41-55(2)48-101(64)87(115)66-43-74(121-11)76(46-72(66)103)125-34-18-35-126-77-47-73-67(44-75(77)122-12)88(116)102-49-56(3)42-71(102)59(6)104(73)90(118)128-52-61-23-27-63(28-24-61)97-85(113)69(100-83(111)58(5)95-86(70)114)20-15-17-33-93-81(109)54-124-39-37-120-10/h21-28,43-44,46-47,57-59,64,68-71H,2-3,13-20,29-42,45,48-54H2,1,4-12H3,(H,92,108)(H,93,109)(H,94,107)(H,95,114)(H,96,112)(H,97,113)(H,98,106)(H,99,110)(H,100,111)/t57-,58-,59?,64-,68-,69-,70+,71-/m0/s1. The van der Waals surface area contributed by atoms with Gasteiger partial charge in [-0.15, -0.1) is 0 Å². The summed E-state index contributed by atoms with van der Waals surface area (Å²) < 4.78 is 56.8. The first-order valence-corrected chi connectivity index (χ1v) is 46.0. The van der Waals surface area contributed by atoms with Gasteiger partial charge < -0.3 is 105 Å². The number of unbranched alkanes of at least 4 members (excludes halogenated alkanes) is 2. The lowest BCUT2D eigenvalue weighted by Crippen LogP contribution is -2.56. The number of Topliss-reactive ketones (excluding diaryl/α,β-unsaturated/α-hetero) is 1. The van der Waals surface area contributed by atoms with Gasteiger partial charge in [-0.2, -0.15) is 0 Å². The van der Waals surface area contributed by atoms with Crippen molar-refractivity contribution in [1.29, 1.82) is 0 Å². The number of anilines is 4. The number of nitrogens with one attached hydrogen (secondary N) is 9. The maximum atomic E-state index is 14.8. The molecule has 0 saturated carbocycles. The second kappa shape index (κ2) is 50.6. The Hall–Kier alpha value is -11.5. The number of carbonyl (C=O) groups excluding carboxylic acids is 14. The third-order valence-electron chi connectivity index (χ3n) is 22.2. The summed E-state index contributed by atoms with van der Waals surface area (Å²) in [5.41, 5.74) is 3.70. The maximum Gasteiger partial charge on any atom is 0.414 e. The normalized spacial score (nSPS) is 20.8. The average molecular weight is 1850 g/mol. The summed E-state index contributed by atoms with van der Waals surface area (Å²) in [6.45, 7) is 19.4. The molecule has 8 aliphatic rings. The highest BCUT2D eigenvalue weighted by Crippen LogP contribution is 2.45. The molecule has 8 atom stereocenters. The first-order chi connectivity index (χ1) is 62.3. The number of benzene rings is 4. The summed E-state index contributed by atoms with van der Waals surface area (Å²) in [5, 5.41) is 24.4. The molecule has 37 nitrogen and oxygen atoms in total. The minimum absolute atomic E-state index is 0.00122. The number of carbonyl (C=O) groups is 14. The lowest BCUT2D eigenvalue weighted by Gasteiger charge is -2.33. The fourth-order valence-electron chi connectivity index (χ4n) is 15.0. The molecule has 1 unspecified atom stereocenters. The second-order valence-electron chi connectivity index (χ2n) is 32.8. The lowest BCUT2D eigenvalue weighted by molar-refractivity contribution is -0.135. The molecule has 13 amide bonds. The highest BCUT2D eigenvalue weighted by atomic mass is 33.1. The number of nitrogens with zero attached hydrogens (tertiary/aromatic N) is 4. The largest absolute Gasteiger partial charge is 0.493 e. The smallest absolute Gasteiger partial charge is 0.414 e. The van der Waals surface area contributed by atoms with E-state index in [1.165, 1.54) is 85.8 Å². The van der Waals surface area contributed by atoms with Crippen LogP contribution in [0, 0.1) is 0 Å². The molecule has 0 aromatic heterocycles. The lowest BCUT2D eigenvalue weighted by atomic mass is 10.0. The van der Waals surface area contributed by atoms with Crippen molar-refractivity contribution in [2.24, 2.45) is 0 Å². The summed E-state index contributed by atoms with van der Waals surface area (Å²) in [4.78, 5) is 203. The molecule has 130 heavy (non-hydrogen) atoms. The molecule has 2 saturated heterocycles. The molecule has 39 heteroatoms. The van der Waals surface area contributed by atoms with E-state index in [0.29, 0.717) is 56.1 Å². The van der Waals surface area contributed by atoms with E-state index >= 15 is 0 Å². The van der Waals surface area contributed by atoms with E-state index in [1.54, 1.807) is 77.4 Å². The molecule has 0 radical (unpaired) electrons. The monoisotopic (exact) mass is 1850 g/mol. The van der Waals surface area contributed by atoms with Gasteiger partial charge in [-0.05, 0) is 140 Å². The quantitative estimate of drug-likeness (QED) is 0.0128. The van der Waals surface area contributed by atoms with Gasteiger partial charge in [0.05, 0.1) is 107 Å². The van der Waals surface area contributed by atoms with Crippen LogP contribution in [0.2, 0.25) is 0 Å². The molecule has 8 aliphatic heterocycles. The highest BCUT2D eigenvalue weighted by molar-refractivity contribution is 8.77. The third-order valence-corrected chi connectivity index (χ3v) is 25.6. The van der Waals surface area contributed by atoms with Crippen molar-refractivity contribution < 1.29 is 114 Å². The number of ketones is 1. The first kappa shape index (κ1) is 102. The molecule has 9 N–H and O–H groups in total. The van der Waals surface area contributed by atoms with Crippen LogP contribution in [0.4, 0.5) is 32.3 Å². The fourth-order valence-corrected chi connectivity index (χ4v) is 17.5. The minimum Gasteiger partial charge on any atom is -0.493 e. The fraction of sp³-hybridized carbons (Fsp3) is 0.538. The van der Waals surface area contributed by atoms with Gasteiger partial charge in [0.1, 0.15) is 62.4 Å². The van der Waals surface area contributed by atoms with Crippen molar-refractivity contribution in [3.8, 4) is 23.0 Å².